The first-order chi connectivity index (χ1) is 12.3. The van der Waals surface area contributed by atoms with Gasteiger partial charge in [-0.25, -0.2) is 4.98 Å². The van der Waals surface area contributed by atoms with Gasteiger partial charge in [-0.3, -0.25) is 10.1 Å². The van der Waals surface area contributed by atoms with Crippen LogP contribution in [0.5, 0.6) is 0 Å². The van der Waals surface area contributed by atoms with Gasteiger partial charge in [0.25, 0.3) is 5.91 Å². The van der Waals surface area contributed by atoms with Crippen molar-refractivity contribution in [3.63, 3.8) is 0 Å². The quantitative estimate of drug-likeness (QED) is 0.829. The van der Waals surface area contributed by atoms with Crippen molar-refractivity contribution in [3.8, 4) is 0 Å². The molecule has 2 aromatic rings. The lowest BCUT2D eigenvalue weighted by Gasteiger charge is -2.19. The number of carbonyl (C=O) groups is 1. The number of aromatic nitrogens is 3. The first-order valence-electron chi connectivity index (χ1n) is 8.65. The van der Waals surface area contributed by atoms with E-state index in [2.05, 4.69) is 25.8 Å². The lowest BCUT2D eigenvalue weighted by atomic mass is 9.99. The van der Waals surface area contributed by atoms with Crippen molar-refractivity contribution in [1.82, 2.24) is 20.5 Å². The fourth-order valence-electron chi connectivity index (χ4n) is 3.21. The topological polar surface area (TPSA) is 89.0 Å². The second-order valence-electron chi connectivity index (χ2n) is 6.50. The van der Waals surface area contributed by atoms with Crippen LogP contribution in [0.25, 0.3) is 0 Å². The average Bonchev–Trinajstić information content (AvgIpc) is 3.38. The number of ether oxygens (including phenoxy) is 1. The highest BCUT2D eigenvalue weighted by Crippen LogP contribution is 2.28. The van der Waals surface area contributed by atoms with Crippen LogP contribution in [0.15, 0.2) is 5.38 Å². The Morgan fingerprint density at radius 1 is 1.32 bits per heavy atom. The summed E-state index contributed by atoms with van der Waals surface area (Å²) in [6, 6.07) is 0. The first kappa shape index (κ1) is 17.0. The molecule has 7 nitrogen and oxygen atoms in total. The molecule has 25 heavy (non-hydrogen) atoms. The number of hydrogen-bond donors (Lipinski definition) is 2. The summed E-state index contributed by atoms with van der Waals surface area (Å²) in [5.41, 5.74) is 1.02. The SMILES string of the molecule is O=C(Nc1nc(CC2CCOC2)cs1)c1nnc(C2CCNCC2)s1. The molecule has 0 bridgehead atoms. The van der Waals surface area contributed by atoms with Crippen LogP contribution >= 0.6 is 22.7 Å². The van der Waals surface area contributed by atoms with Crippen molar-refractivity contribution >= 4 is 33.7 Å². The summed E-state index contributed by atoms with van der Waals surface area (Å²) in [6.45, 7) is 3.65. The highest BCUT2D eigenvalue weighted by molar-refractivity contribution is 7.15. The maximum absolute atomic E-state index is 12.4. The van der Waals surface area contributed by atoms with Crippen LogP contribution in [0.1, 0.15) is 45.7 Å². The molecular formula is C16H21N5O2S2. The molecule has 2 aliphatic heterocycles. The summed E-state index contributed by atoms with van der Waals surface area (Å²) in [5, 5.41) is 18.5. The molecule has 4 heterocycles. The Labute approximate surface area is 154 Å². The van der Waals surface area contributed by atoms with E-state index >= 15 is 0 Å². The zero-order valence-electron chi connectivity index (χ0n) is 13.9. The number of hydrogen-bond acceptors (Lipinski definition) is 8. The number of carbonyl (C=O) groups excluding carboxylic acids is 1. The minimum atomic E-state index is -0.220. The second kappa shape index (κ2) is 7.86. The van der Waals surface area contributed by atoms with E-state index < -0.39 is 0 Å². The van der Waals surface area contributed by atoms with Crippen molar-refractivity contribution < 1.29 is 9.53 Å². The monoisotopic (exact) mass is 379 g/mol. The minimum absolute atomic E-state index is 0.220. The van der Waals surface area contributed by atoms with Crippen molar-refractivity contribution in [2.75, 3.05) is 31.6 Å². The number of nitrogens with zero attached hydrogens (tertiary/aromatic N) is 3. The normalized spacial score (nSPS) is 21.5. The van der Waals surface area contributed by atoms with Crippen molar-refractivity contribution in [2.45, 2.75) is 31.6 Å². The van der Waals surface area contributed by atoms with Crippen molar-refractivity contribution in [1.29, 1.82) is 0 Å². The van der Waals surface area contributed by atoms with Gasteiger partial charge < -0.3 is 10.1 Å². The van der Waals surface area contributed by atoms with E-state index in [1.807, 2.05) is 5.38 Å². The number of rotatable bonds is 5. The van der Waals surface area contributed by atoms with Gasteiger partial charge in [0.15, 0.2) is 5.13 Å². The predicted molar refractivity (Wildman–Crippen MR) is 97.5 cm³/mol. The first-order valence-corrected chi connectivity index (χ1v) is 10.3. The Kier molecular flexibility index (Phi) is 5.35. The van der Waals surface area contributed by atoms with Gasteiger partial charge in [-0.15, -0.1) is 21.5 Å². The zero-order chi connectivity index (χ0) is 17.1. The average molecular weight is 380 g/mol. The van der Waals surface area contributed by atoms with Crippen LogP contribution in [0.3, 0.4) is 0 Å². The molecule has 0 saturated carbocycles. The molecule has 1 unspecified atom stereocenters. The molecule has 9 heteroatoms. The third-order valence-corrected chi connectivity index (χ3v) is 6.51. The van der Waals surface area contributed by atoms with Gasteiger partial charge in [-0.05, 0) is 44.7 Å². The lowest BCUT2D eigenvalue weighted by Crippen LogP contribution is -2.26. The molecule has 4 rings (SSSR count). The second-order valence-corrected chi connectivity index (χ2v) is 8.37. The molecule has 2 aliphatic rings. The Morgan fingerprint density at radius 2 is 2.20 bits per heavy atom. The fraction of sp³-hybridized carbons (Fsp3) is 0.625. The number of anilines is 1. The highest BCUT2D eigenvalue weighted by Gasteiger charge is 2.22. The van der Waals surface area contributed by atoms with E-state index in [-0.39, 0.29) is 5.91 Å². The summed E-state index contributed by atoms with van der Waals surface area (Å²) in [4.78, 5) is 16.9. The molecule has 1 amide bonds. The van der Waals surface area contributed by atoms with Gasteiger partial charge in [-0.2, -0.15) is 0 Å². The van der Waals surface area contributed by atoms with Crippen LogP contribution < -0.4 is 10.6 Å². The van der Waals surface area contributed by atoms with Crippen LogP contribution in [0, 0.1) is 5.92 Å². The summed E-state index contributed by atoms with van der Waals surface area (Å²) < 4.78 is 5.40. The Morgan fingerprint density at radius 3 is 3.00 bits per heavy atom. The van der Waals surface area contributed by atoms with Crippen molar-refractivity contribution in [2.24, 2.45) is 5.92 Å². The van der Waals surface area contributed by atoms with Gasteiger partial charge in [0.1, 0.15) is 5.01 Å². The van der Waals surface area contributed by atoms with E-state index in [1.165, 1.54) is 22.7 Å². The van der Waals surface area contributed by atoms with Gasteiger partial charge in [0.05, 0.1) is 5.69 Å². The molecule has 0 aromatic carbocycles. The van der Waals surface area contributed by atoms with Gasteiger partial charge in [-0.1, -0.05) is 11.3 Å². The fourth-order valence-corrected chi connectivity index (χ4v) is 4.83. The molecule has 0 spiro atoms. The minimum Gasteiger partial charge on any atom is -0.381 e. The summed E-state index contributed by atoms with van der Waals surface area (Å²) in [5.74, 6) is 0.740. The molecule has 2 fully saturated rings. The largest absolute Gasteiger partial charge is 0.381 e. The third-order valence-electron chi connectivity index (χ3n) is 4.62. The third kappa shape index (κ3) is 4.22. The molecule has 134 valence electrons. The van der Waals surface area contributed by atoms with E-state index in [4.69, 9.17) is 4.74 Å². The van der Waals surface area contributed by atoms with E-state index in [0.29, 0.717) is 22.0 Å². The molecular weight excluding hydrogens is 358 g/mol. The van der Waals surface area contributed by atoms with Crippen LogP contribution in [0.4, 0.5) is 5.13 Å². The summed E-state index contributed by atoms with van der Waals surface area (Å²) in [7, 11) is 0. The van der Waals surface area contributed by atoms with Crippen LogP contribution in [-0.4, -0.2) is 47.4 Å². The van der Waals surface area contributed by atoms with Crippen LogP contribution in [-0.2, 0) is 11.2 Å². The Bertz CT molecular complexity index is 720. The maximum atomic E-state index is 12.4. The predicted octanol–water partition coefficient (Wildman–Crippen LogP) is 2.29. The number of nitrogens with one attached hydrogen (secondary N) is 2. The molecule has 2 aromatic heterocycles. The van der Waals surface area contributed by atoms with E-state index in [9.17, 15) is 4.79 Å². The van der Waals surface area contributed by atoms with E-state index in [1.54, 1.807) is 0 Å². The smallest absolute Gasteiger partial charge is 0.288 e. The number of piperidine rings is 1. The molecule has 2 N–H and O–H groups in total. The standard InChI is InChI=1S/C16H21N5O2S2/c22-13(15-21-20-14(25-15)11-1-4-17-5-2-11)19-16-18-12(9-24-16)7-10-3-6-23-8-10/h9-11,17H,1-8H2,(H,18,19,22). The van der Waals surface area contributed by atoms with Gasteiger partial charge in [0, 0.05) is 24.5 Å². The Hall–Kier alpha value is -1.42. The molecule has 2 saturated heterocycles. The van der Waals surface area contributed by atoms with E-state index in [0.717, 1.165) is 62.7 Å². The molecule has 1 atom stereocenters. The zero-order valence-corrected chi connectivity index (χ0v) is 15.5. The van der Waals surface area contributed by atoms with Crippen LogP contribution in [0.2, 0.25) is 0 Å². The maximum Gasteiger partial charge on any atom is 0.288 e. The number of amides is 1. The Balaban J connectivity index is 1.35. The number of thiazole rings is 1. The molecule has 0 radical (unpaired) electrons. The highest BCUT2D eigenvalue weighted by atomic mass is 32.1. The summed E-state index contributed by atoms with van der Waals surface area (Å²) >= 11 is 2.85. The lowest BCUT2D eigenvalue weighted by molar-refractivity contribution is 0.102. The van der Waals surface area contributed by atoms with Gasteiger partial charge in [0.2, 0.25) is 5.01 Å². The van der Waals surface area contributed by atoms with Crippen molar-refractivity contribution in [3.05, 3.63) is 21.1 Å². The molecule has 0 aliphatic carbocycles. The van der Waals surface area contributed by atoms with Gasteiger partial charge >= 0.3 is 0 Å². The summed E-state index contributed by atoms with van der Waals surface area (Å²) in [6.07, 6.45) is 4.10.